The monoisotopic (exact) mass is 1810 g/mol. The van der Waals surface area contributed by atoms with Gasteiger partial charge in [0.25, 0.3) is 0 Å². The Balaban J connectivity index is 0.000000171. The van der Waals surface area contributed by atoms with Gasteiger partial charge in [0.05, 0.1) is 53.2 Å². The molecule has 0 bridgehead atoms. The van der Waals surface area contributed by atoms with Gasteiger partial charge in [0.1, 0.15) is 56.7 Å². The Morgan fingerprint density at radius 3 is 1.67 bits per heavy atom. The van der Waals surface area contributed by atoms with Gasteiger partial charge < -0.3 is 30.3 Å². The minimum absolute atomic E-state index is 0.0148. The molecule has 4 fully saturated rings. The molecule has 3 saturated heterocycles. The summed E-state index contributed by atoms with van der Waals surface area (Å²) in [5.41, 5.74) is 0.767. The molecule has 5 aliphatic heterocycles. The molecule has 660 valence electrons. The van der Waals surface area contributed by atoms with Crippen molar-refractivity contribution in [1.29, 1.82) is 5.26 Å². The van der Waals surface area contributed by atoms with Gasteiger partial charge in [-0.3, -0.25) is 34.5 Å². The molecule has 0 aromatic heterocycles. The van der Waals surface area contributed by atoms with Crippen LogP contribution in [-0.4, -0.2) is 113 Å². The van der Waals surface area contributed by atoms with Crippen molar-refractivity contribution in [1.82, 2.24) is 25.3 Å². The number of rotatable bonds is 14. The van der Waals surface area contributed by atoms with E-state index in [2.05, 4.69) is 127 Å². The van der Waals surface area contributed by atoms with Crippen LogP contribution in [0.4, 0.5) is 29.3 Å². The van der Waals surface area contributed by atoms with Crippen LogP contribution in [0.3, 0.4) is 0 Å². The first kappa shape index (κ1) is 94.9. The Kier molecular flexibility index (Phi) is 27.7. The lowest BCUT2D eigenvalue weighted by atomic mass is 9.55. The summed E-state index contributed by atoms with van der Waals surface area (Å²) in [4.78, 5) is 69.4. The Labute approximate surface area is 760 Å². The number of ether oxygens (including phenoxy) is 2. The summed E-state index contributed by atoms with van der Waals surface area (Å²) < 4.78 is 59.4. The normalized spacial score (nSPS) is 23.8. The van der Waals surface area contributed by atoms with Crippen molar-refractivity contribution >= 4 is 110 Å². The zero-order valence-electron chi connectivity index (χ0n) is 74.5. The van der Waals surface area contributed by atoms with E-state index in [9.17, 15) is 19.6 Å². The molecular formula is C100H116Cl6F3N9O6. The molecule has 24 heteroatoms. The maximum absolute atomic E-state index is 15.9. The Morgan fingerprint density at radius 1 is 0.613 bits per heavy atom. The highest BCUT2D eigenvalue weighted by Gasteiger charge is 2.73. The third kappa shape index (κ3) is 18.2. The van der Waals surface area contributed by atoms with E-state index in [4.69, 9.17) is 84.1 Å². The highest BCUT2D eigenvalue weighted by atomic mass is 35.5. The molecule has 0 unspecified atom stereocenters. The fraction of sp³-hybridized carbons (Fsp3) is 0.460. The number of nitrogens with one attached hydrogen (secondary N) is 4. The number of anilines is 2. The Morgan fingerprint density at radius 2 is 1.15 bits per heavy atom. The first-order chi connectivity index (χ1) is 58.0. The summed E-state index contributed by atoms with van der Waals surface area (Å²) in [5.74, 6) is -2.99. The fourth-order valence-electron chi connectivity index (χ4n) is 19.7. The highest BCUT2D eigenvalue weighted by molar-refractivity contribution is 6.32. The number of aliphatic imine (C=N–C) groups is 1. The summed E-state index contributed by atoms with van der Waals surface area (Å²) in [6, 6.07) is 45.8. The van der Waals surface area contributed by atoms with E-state index >= 15 is 18.0 Å². The number of amidine groups is 1. The van der Waals surface area contributed by atoms with Crippen LogP contribution in [0.25, 0.3) is 0 Å². The smallest absolute Gasteiger partial charge is 0.326 e. The second kappa shape index (κ2) is 36.2. The van der Waals surface area contributed by atoms with Crippen molar-refractivity contribution in [2.45, 2.75) is 243 Å². The predicted molar refractivity (Wildman–Crippen MR) is 496 cm³/mol. The van der Waals surface area contributed by atoms with Gasteiger partial charge in [-0.15, -0.1) is 0 Å². The molecule has 4 N–H and O–H groups in total. The largest absolute Gasteiger partial charge is 0.495 e. The van der Waals surface area contributed by atoms with E-state index < -0.39 is 80.8 Å². The predicted octanol–water partition coefficient (Wildman–Crippen LogP) is 24.4. The zero-order chi connectivity index (χ0) is 90.7. The SMILES string of the molecule is CC(C)(C)CC(=O)[C@@H]1NC2(CCCCC2)[C@@]2(C(=O)Nc3cc(Cl)ccc32)[C@H]1c1cccc(Cl)c1F.CCOc1cc(C(C)(C)C)ccc1C1=N[C@@](C)(c2ccc(Cl)cc2)[C@@](C)(c2ccc(Cl)cc2)N1C(=O)N1CCN(C(C)(C)C)CC1.COc1cc(C(C)(C)C)ccc1NC(=O)[C@@H]1N[C@@H](CC(C)(C)C)[C@](C#N)(c2ccc(Cl)cc2F)[C@H]1c1cccc(Cl)c1F. The van der Waals surface area contributed by atoms with Crippen molar-refractivity contribution < 1.29 is 41.8 Å². The number of hydrogen-bond donors (Lipinski definition) is 4. The standard InChI is InChI=1S/C38H48Cl2N4O2.C34H37Cl2F2N3O2.C28H31Cl2FN2O2/c1-10-46-32-25-28(35(2,3)4)15-20-31(32)33-41-37(8,26-11-16-29(39)17-12-26)38(9,27-13-18-30(40)19-14-27)44(33)34(45)42-21-23-43(24-22-42)36(5,6)7;1-32(2,3)17-27-34(18-39,22-13-12-20(35)16-24(22)37)28(21-9-8-10-23(36)29(21)38)30(41-27)31(42)40-25-14-11-19(33(4,5)6)15-26(25)43-7;1-26(2,3)15-21(34)24-22(17-8-7-9-19(30)23(17)31)28(27(33-24)12-5-4-6-13-27)18-11-10-16(29)14-20(18)32-25(28)35/h11-20,25H,10,21-24H2,1-9H3;8-16,27-28,30,41H,17H2,1-7H3,(H,40,42);7-11,14,22,24,33H,4-6,12-13,15H2,1-3H3,(H,32,35)/t37-,38+;27-,28-,30+,34-;22-,24-,28+/m000/s1. The van der Waals surface area contributed by atoms with Gasteiger partial charge >= 0.3 is 6.03 Å². The second-order valence-corrected chi connectivity index (χ2v) is 42.2. The number of nitriles is 1. The number of nitrogens with zero attached hydrogens (tertiary/aromatic N) is 5. The van der Waals surface area contributed by atoms with Crippen LogP contribution >= 0.6 is 69.6 Å². The first-order valence-corrected chi connectivity index (χ1v) is 45.0. The molecule has 5 heterocycles. The lowest BCUT2D eigenvalue weighted by molar-refractivity contribution is -0.124. The number of fused-ring (bicyclic) bond motifs is 3. The Bertz CT molecular complexity index is 5430. The van der Waals surface area contributed by atoms with Crippen molar-refractivity contribution in [2.75, 3.05) is 50.5 Å². The molecule has 15 nitrogen and oxygen atoms in total. The minimum atomic E-state index is -1.71. The first-order valence-electron chi connectivity index (χ1n) is 42.7. The number of methoxy groups -OCH3 is 1. The molecule has 0 radical (unpaired) electrons. The fourth-order valence-corrected chi connectivity index (χ4v) is 20.6. The number of halogens is 9. The van der Waals surface area contributed by atoms with Gasteiger partial charge in [0, 0.05) is 92.9 Å². The van der Waals surface area contributed by atoms with Crippen LogP contribution in [0, 0.1) is 39.6 Å². The number of ketones is 1. The summed E-state index contributed by atoms with van der Waals surface area (Å²) in [5, 5.41) is 25.8. The average Bonchev–Trinajstić information content (AvgIpc) is 1.51. The third-order valence-electron chi connectivity index (χ3n) is 26.0. The maximum atomic E-state index is 15.9. The number of amides is 4. The summed E-state index contributed by atoms with van der Waals surface area (Å²) in [6.07, 6.45) is 5.04. The number of Topliss-reactive ketones (excluding diaryl/α,β-unsaturated/α-hetero) is 1. The third-order valence-corrected chi connectivity index (χ3v) is 27.5. The number of hydrogen-bond acceptors (Lipinski definition) is 11. The van der Waals surface area contributed by atoms with Crippen molar-refractivity contribution in [3.63, 3.8) is 0 Å². The molecule has 8 aromatic rings. The minimum Gasteiger partial charge on any atom is -0.495 e. The number of carbonyl (C=O) groups is 4. The highest BCUT2D eigenvalue weighted by Crippen LogP contribution is 2.64. The topological polar surface area (TPSA) is 181 Å². The molecule has 1 saturated carbocycles. The van der Waals surface area contributed by atoms with Crippen LogP contribution in [0.1, 0.15) is 231 Å². The maximum Gasteiger partial charge on any atom is 0.326 e. The van der Waals surface area contributed by atoms with Crippen molar-refractivity contribution in [2.24, 2.45) is 15.8 Å². The quantitative estimate of drug-likeness (QED) is 0.0818. The summed E-state index contributed by atoms with van der Waals surface area (Å²) in [6.45, 7) is 41.0. The number of piperazine rings is 1. The van der Waals surface area contributed by atoms with Crippen LogP contribution < -0.4 is 30.7 Å². The van der Waals surface area contributed by atoms with E-state index in [-0.39, 0.29) is 71.1 Å². The zero-order valence-corrected chi connectivity index (χ0v) is 79.0. The van der Waals surface area contributed by atoms with Gasteiger partial charge in [0.15, 0.2) is 5.78 Å². The Hall–Kier alpha value is -8.19. The van der Waals surface area contributed by atoms with Crippen LogP contribution in [0.5, 0.6) is 11.5 Å². The van der Waals surface area contributed by atoms with E-state index in [1.54, 1.807) is 36.4 Å². The molecule has 9 atom stereocenters. The van der Waals surface area contributed by atoms with Crippen molar-refractivity contribution in [3.05, 3.63) is 255 Å². The van der Waals surface area contributed by atoms with E-state index in [0.29, 0.717) is 81.9 Å². The van der Waals surface area contributed by atoms with Gasteiger partial charge in [-0.2, -0.15) is 5.26 Å². The molecule has 2 spiro atoms. The van der Waals surface area contributed by atoms with Crippen LogP contribution in [0.2, 0.25) is 30.1 Å². The number of benzene rings is 8. The molecule has 14 rings (SSSR count). The molecule has 8 aromatic carbocycles. The lowest BCUT2D eigenvalue weighted by Crippen LogP contribution is -2.62. The second-order valence-electron chi connectivity index (χ2n) is 39.6. The van der Waals surface area contributed by atoms with E-state index in [0.717, 1.165) is 84.6 Å². The van der Waals surface area contributed by atoms with Gasteiger partial charge in [0.2, 0.25) is 11.8 Å². The molecular weight excluding hydrogens is 1690 g/mol. The van der Waals surface area contributed by atoms with Gasteiger partial charge in [-0.1, -0.05) is 245 Å². The summed E-state index contributed by atoms with van der Waals surface area (Å²) in [7, 11) is 1.51. The molecule has 1 aliphatic carbocycles. The summed E-state index contributed by atoms with van der Waals surface area (Å²) >= 11 is 37.7. The van der Waals surface area contributed by atoms with E-state index in [1.807, 2.05) is 125 Å². The van der Waals surface area contributed by atoms with Gasteiger partial charge in [-0.25, -0.2) is 18.0 Å². The van der Waals surface area contributed by atoms with Crippen LogP contribution in [-0.2, 0) is 47.1 Å². The molecule has 124 heavy (non-hydrogen) atoms. The number of urea groups is 1. The molecule has 6 aliphatic rings. The van der Waals surface area contributed by atoms with Crippen LogP contribution in [0.15, 0.2) is 163 Å². The van der Waals surface area contributed by atoms with Gasteiger partial charge in [-0.05, 0) is 206 Å². The average molecular weight is 1810 g/mol. The molecule has 4 amide bonds. The van der Waals surface area contributed by atoms with E-state index in [1.165, 1.54) is 37.4 Å². The van der Waals surface area contributed by atoms with Crippen molar-refractivity contribution in [3.8, 4) is 17.6 Å². The lowest BCUT2D eigenvalue weighted by Gasteiger charge is -2.48. The number of carbonyl (C=O) groups excluding carboxylic acids is 4.